The summed E-state index contributed by atoms with van der Waals surface area (Å²) in [5.74, 6) is 0.455. The summed E-state index contributed by atoms with van der Waals surface area (Å²) in [6, 6.07) is 14.9. The molecule has 0 aliphatic heterocycles. The lowest BCUT2D eigenvalue weighted by molar-refractivity contribution is -0.113. The lowest BCUT2D eigenvalue weighted by Gasteiger charge is -2.12. The van der Waals surface area contributed by atoms with Crippen molar-refractivity contribution >= 4 is 29.3 Å². The van der Waals surface area contributed by atoms with Crippen molar-refractivity contribution in [1.82, 2.24) is 24.7 Å². The maximum absolute atomic E-state index is 12.7. The fraction of sp³-hybridized carbons (Fsp3) is 0.231. The molecule has 0 unspecified atom stereocenters. The Kier molecular flexibility index (Phi) is 8.94. The number of esters is 1. The SMILES string of the molecule is CCOC(=O)c1ccc(NC(=O)CSc2nnc(Cc3cc(=O)[nH]c(=O)[nH]3)n2-c2ccc(OCC)cc2)cc1. The summed E-state index contributed by atoms with van der Waals surface area (Å²) in [4.78, 5) is 52.7. The highest BCUT2D eigenvalue weighted by atomic mass is 32.2. The molecule has 0 fully saturated rings. The van der Waals surface area contributed by atoms with E-state index in [-0.39, 0.29) is 24.7 Å². The highest BCUT2D eigenvalue weighted by Gasteiger charge is 2.17. The zero-order chi connectivity index (χ0) is 27.8. The molecule has 0 spiro atoms. The maximum atomic E-state index is 12.7. The minimum absolute atomic E-state index is 0.0244. The first-order chi connectivity index (χ1) is 18.9. The average Bonchev–Trinajstić information content (AvgIpc) is 3.30. The summed E-state index contributed by atoms with van der Waals surface area (Å²) >= 11 is 1.17. The summed E-state index contributed by atoms with van der Waals surface area (Å²) in [6.07, 6.45) is 0.124. The van der Waals surface area contributed by atoms with E-state index in [0.29, 0.717) is 46.0 Å². The van der Waals surface area contributed by atoms with E-state index in [0.717, 1.165) is 0 Å². The average molecular weight is 551 g/mol. The van der Waals surface area contributed by atoms with Crippen LogP contribution in [-0.4, -0.2) is 55.6 Å². The largest absolute Gasteiger partial charge is 0.494 e. The smallest absolute Gasteiger partial charge is 0.338 e. The molecule has 2 aromatic heterocycles. The van der Waals surface area contributed by atoms with Crippen molar-refractivity contribution in [2.45, 2.75) is 25.4 Å². The number of rotatable bonds is 11. The van der Waals surface area contributed by atoms with E-state index < -0.39 is 17.2 Å². The number of anilines is 1. The molecule has 0 radical (unpaired) electrons. The fourth-order valence-corrected chi connectivity index (χ4v) is 4.41. The Morgan fingerprint density at radius 1 is 0.974 bits per heavy atom. The number of aromatic nitrogens is 5. The molecule has 4 rings (SSSR count). The van der Waals surface area contributed by atoms with E-state index in [1.165, 1.54) is 17.8 Å². The number of H-pyrrole nitrogens is 2. The van der Waals surface area contributed by atoms with E-state index in [1.807, 2.05) is 19.1 Å². The molecule has 0 saturated heterocycles. The van der Waals surface area contributed by atoms with Gasteiger partial charge in [-0.15, -0.1) is 10.2 Å². The van der Waals surface area contributed by atoms with E-state index in [9.17, 15) is 19.2 Å². The maximum Gasteiger partial charge on any atom is 0.338 e. The molecule has 0 saturated carbocycles. The van der Waals surface area contributed by atoms with Crippen LogP contribution in [0, 0.1) is 0 Å². The van der Waals surface area contributed by atoms with E-state index in [2.05, 4.69) is 25.5 Å². The van der Waals surface area contributed by atoms with Crippen LogP contribution in [0.2, 0.25) is 0 Å². The van der Waals surface area contributed by atoms with Gasteiger partial charge in [0.15, 0.2) is 5.16 Å². The summed E-state index contributed by atoms with van der Waals surface area (Å²) in [5, 5.41) is 11.7. The summed E-state index contributed by atoms with van der Waals surface area (Å²) in [5.41, 5.74) is 0.850. The number of aromatic amines is 2. The zero-order valence-corrected chi connectivity index (χ0v) is 22.0. The highest BCUT2D eigenvalue weighted by Crippen LogP contribution is 2.25. The first-order valence-electron chi connectivity index (χ1n) is 12.1. The number of hydrogen-bond donors (Lipinski definition) is 3. The van der Waals surface area contributed by atoms with Gasteiger partial charge >= 0.3 is 11.7 Å². The van der Waals surface area contributed by atoms with Gasteiger partial charge in [0.25, 0.3) is 5.56 Å². The van der Waals surface area contributed by atoms with Crippen LogP contribution in [0.5, 0.6) is 5.75 Å². The number of carbonyl (C=O) groups excluding carboxylic acids is 2. The van der Waals surface area contributed by atoms with Crippen molar-refractivity contribution in [3.05, 3.63) is 92.5 Å². The number of hydrogen-bond acceptors (Lipinski definition) is 9. The zero-order valence-electron chi connectivity index (χ0n) is 21.2. The van der Waals surface area contributed by atoms with Gasteiger partial charge in [0.05, 0.1) is 24.5 Å². The number of carbonyl (C=O) groups is 2. The normalized spacial score (nSPS) is 10.7. The molecule has 4 aromatic rings. The van der Waals surface area contributed by atoms with Gasteiger partial charge in [-0.1, -0.05) is 11.8 Å². The predicted octanol–water partition coefficient (Wildman–Crippen LogP) is 2.54. The Morgan fingerprint density at radius 2 is 1.72 bits per heavy atom. The van der Waals surface area contributed by atoms with Gasteiger partial charge in [-0.3, -0.25) is 19.1 Å². The molecule has 3 N–H and O–H groups in total. The lowest BCUT2D eigenvalue weighted by atomic mass is 10.2. The monoisotopic (exact) mass is 550 g/mol. The highest BCUT2D eigenvalue weighted by molar-refractivity contribution is 7.99. The van der Waals surface area contributed by atoms with E-state index in [1.54, 1.807) is 47.9 Å². The number of benzene rings is 2. The molecule has 39 heavy (non-hydrogen) atoms. The molecule has 1 amide bonds. The number of nitrogens with one attached hydrogen (secondary N) is 3. The van der Waals surface area contributed by atoms with Gasteiger partial charge in [-0.05, 0) is 62.4 Å². The van der Waals surface area contributed by atoms with Crippen LogP contribution in [0.25, 0.3) is 5.69 Å². The predicted molar refractivity (Wildman–Crippen MR) is 145 cm³/mol. The van der Waals surface area contributed by atoms with Gasteiger partial charge in [-0.25, -0.2) is 9.59 Å². The van der Waals surface area contributed by atoms with Crippen molar-refractivity contribution in [1.29, 1.82) is 0 Å². The molecule has 0 aliphatic rings. The second kappa shape index (κ2) is 12.7. The number of nitrogens with zero attached hydrogens (tertiary/aromatic N) is 3. The van der Waals surface area contributed by atoms with Crippen molar-refractivity contribution < 1.29 is 19.1 Å². The second-order valence-corrected chi connectivity index (χ2v) is 9.03. The van der Waals surface area contributed by atoms with Crippen LogP contribution in [0.15, 0.2) is 69.3 Å². The lowest BCUT2D eigenvalue weighted by Crippen LogP contribution is -2.23. The Hall–Kier alpha value is -4.65. The van der Waals surface area contributed by atoms with Crippen molar-refractivity contribution in [2.24, 2.45) is 0 Å². The van der Waals surface area contributed by atoms with Crippen LogP contribution < -0.4 is 21.3 Å². The molecule has 0 atom stereocenters. The first kappa shape index (κ1) is 27.4. The Morgan fingerprint density at radius 3 is 2.38 bits per heavy atom. The topological polar surface area (TPSA) is 161 Å². The molecule has 0 aliphatic carbocycles. The number of thioether (sulfide) groups is 1. The van der Waals surface area contributed by atoms with Crippen LogP contribution in [0.3, 0.4) is 0 Å². The molecule has 2 heterocycles. The molecule has 12 nitrogen and oxygen atoms in total. The standard InChI is InChI=1S/C26H26N6O6S/c1-3-37-20-11-9-19(10-12-20)32-21(13-18-14-22(33)29-25(36)28-18)30-31-26(32)39-15-23(34)27-17-7-5-16(6-8-17)24(35)38-4-2/h5-12,14H,3-4,13,15H2,1-2H3,(H,27,34)(H2,28,29,33,36). The van der Waals surface area contributed by atoms with Gasteiger partial charge in [0, 0.05) is 29.6 Å². The Bertz CT molecular complexity index is 1530. The van der Waals surface area contributed by atoms with Crippen LogP contribution >= 0.6 is 11.8 Å². The van der Waals surface area contributed by atoms with Gasteiger partial charge in [0.2, 0.25) is 5.91 Å². The Labute approximate surface area is 226 Å². The van der Waals surface area contributed by atoms with Crippen LogP contribution in [0.4, 0.5) is 5.69 Å². The van der Waals surface area contributed by atoms with Crippen LogP contribution in [0.1, 0.15) is 35.7 Å². The summed E-state index contributed by atoms with van der Waals surface area (Å²) < 4.78 is 12.2. The Balaban J connectivity index is 1.52. The fourth-order valence-electron chi connectivity index (χ4n) is 3.64. The third-order valence-corrected chi connectivity index (χ3v) is 6.21. The third kappa shape index (κ3) is 7.23. The second-order valence-electron chi connectivity index (χ2n) is 8.09. The van der Waals surface area contributed by atoms with Crippen molar-refractivity contribution in [3.8, 4) is 11.4 Å². The van der Waals surface area contributed by atoms with Crippen LogP contribution in [-0.2, 0) is 16.0 Å². The molecular formula is C26H26N6O6S. The molecule has 202 valence electrons. The summed E-state index contributed by atoms with van der Waals surface area (Å²) in [6.45, 7) is 4.42. The molecule has 0 bridgehead atoms. The molecule has 13 heteroatoms. The molecular weight excluding hydrogens is 524 g/mol. The van der Waals surface area contributed by atoms with Crippen molar-refractivity contribution in [3.63, 3.8) is 0 Å². The summed E-state index contributed by atoms with van der Waals surface area (Å²) in [7, 11) is 0. The number of ether oxygens (including phenoxy) is 2. The third-order valence-electron chi connectivity index (χ3n) is 5.28. The van der Waals surface area contributed by atoms with Gasteiger partial charge in [0.1, 0.15) is 11.6 Å². The quantitative estimate of drug-likeness (QED) is 0.188. The minimum atomic E-state index is -0.619. The van der Waals surface area contributed by atoms with Gasteiger partial charge in [-0.2, -0.15) is 0 Å². The van der Waals surface area contributed by atoms with Gasteiger partial charge < -0.3 is 19.8 Å². The minimum Gasteiger partial charge on any atom is -0.494 e. The number of amides is 1. The van der Waals surface area contributed by atoms with E-state index in [4.69, 9.17) is 9.47 Å². The van der Waals surface area contributed by atoms with Crippen molar-refractivity contribution in [2.75, 3.05) is 24.3 Å². The van der Waals surface area contributed by atoms with E-state index >= 15 is 0 Å². The first-order valence-corrected chi connectivity index (χ1v) is 13.0. The molecule has 2 aromatic carbocycles.